The van der Waals surface area contributed by atoms with Gasteiger partial charge in [0.15, 0.2) is 0 Å². The van der Waals surface area contributed by atoms with Crippen molar-refractivity contribution in [3.8, 4) is 5.75 Å². The maximum atomic E-state index is 12.0. The lowest BCUT2D eigenvalue weighted by atomic mass is 10.1. The second-order valence-corrected chi connectivity index (χ2v) is 5.29. The highest BCUT2D eigenvalue weighted by atomic mass is 16.5. The van der Waals surface area contributed by atoms with E-state index in [9.17, 15) is 4.79 Å². The van der Waals surface area contributed by atoms with E-state index in [2.05, 4.69) is 10.6 Å². The van der Waals surface area contributed by atoms with E-state index in [-0.39, 0.29) is 19.2 Å². The third-order valence-corrected chi connectivity index (χ3v) is 3.53. The van der Waals surface area contributed by atoms with E-state index in [0.29, 0.717) is 12.3 Å². The normalized spacial score (nSPS) is 10.2. The molecular weight excluding hydrogens is 292 g/mol. The van der Waals surface area contributed by atoms with Gasteiger partial charge >= 0.3 is 6.03 Å². The van der Waals surface area contributed by atoms with Gasteiger partial charge < -0.3 is 20.5 Å². The highest BCUT2D eigenvalue weighted by Crippen LogP contribution is 2.18. The number of aliphatic hydroxyl groups excluding tert-OH is 1. The summed E-state index contributed by atoms with van der Waals surface area (Å²) >= 11 is 0. The Labute approximate surface area is 136 Å². The van der Waals surface area contributed by atoms with Gasteiger partial charge in [-0.2, -0.15) is 0 Å². The van der Waals surface area contributed by atoms with Gasteiger partial charge in [-0.3, -0.25) is 0 Å². The number of carbonyl (C=O) groups excluding carboxylic acids is 1. The maximum Gasteiger partial charge on any atom is 0.319 e. The van der Waals surface area contributed by atoms with E-state index in [1.165, 1.54) is 5.56 Å². The first kappa shape index (κ1) is 16.8. The first-order valence-electron chi connectivity index (χ1n) is 7.54. The molecule has 2 aromatic carbocycles. The molecule has 0 radical (unpaired) electrons. The summed E-state index contributed by atoms with van der Waals surface area (Å²) in [5.74, 6) is 0.660. The summed E-state index contributed by atoms with van der Waals surface area (Å²) in [6, 6.07) is 12.9. The van der Waals surface area contributed by atoms with Gasteiger partial charge in [-0.1, -0.05) is 24.3 Å². The zero-order valence-electron chi connectivity index (χ0n) is 13.4. The number of amides is 2. The number of ether oxygens (including phenoxy) is 1. The molecule has 3 N–H and O–H groups in total. The van der Waals surface area contributed by atoms with Crippen molar-refractivity contribution in [2.45, 2.75) is 20.4 Å². The lowest BCUT2D eigenvalue weighted by Crippen LogP contribution is -2.28. The number of benzene rings is 2. The third-order valence-electron chi connectivity index (χ3n) is 3.53. The van der Waals surface area contributed by atoms with Crippen molar-refractivity contribution >= 4 is 11.7 Å². The molecule has 2 rings (SSSR count). The van der Waals surface area contributed by atoms with Crippen LogP contribution in [0, 0.1) is 13.8 Å². The number of anilines is 1. The van der Waals surface area contributed by atoms with Crippen molar-refractivity contribution in [1.82, 2.24) is 5.32 Å². The molecule has 2 aromatic rings. The molecule has 5 heteroatoms. The van der Waals surface area contributed by atoms with Crippen LogP contribution in [-0.2, 0) is 6.54 Å². The average Bonchev–Trinajstić information content (AvgIpc) is 2.55. The van der Waals surface area contributed by atoms with Crippen LogP contribution in [0.3, 0.4) is 0 Å². The SMILES string of the molecule is Cc1ccc(NC(=O)NCc2ccccc2OCCO)cc1C. The predicted molar refractivity (Wildman–Crippen MR) is 90.8 cm³/mol. The molecule has 0 bridgehead atoms. The van der Waals surface area contributed by atoms with E-state index in [1.54, 1.807) is 0 Å². The van der Waals surface area contributed by atoms with Crippen molar-refractivity contribution in [1.29, 1.82) is 0 Å². The molecule has 0 fully saturated rings. The van der Waals surface area contributed by atoms with Crippen LogP contribution in [0.1, 0.15) is 16.7 Å². The van der Waals surface area contributed by atoms with Gasteiger partial charge in [-0.15, -0.1) is 0 Å². The van der Waals surface area contributed by atoms with Crippen LogP contribution >= 0.6 is 0 Å². The number of nitrogens with one attached hydrogen (secondary N) is 2. The fourth-order valence-corrected chi connectivity index (χ4v) is 2.12. The minimum Gasteiger partial charge on any atom is -0.491 e. The summed E-state index contributed by atoms with van der Waals surface area (Å²) in [7, 11) is 0. The Morgan fingerprint density at radius 1 is 1.13 bits per heavy atom. The fraction of sp³-hybridized carbons (Fsp3) is 0.278. The van der Waals surface area contributed by atoms with Crippen molar-refractivity contribution in [3.63, 3.8) is 0 Å². The lowest BCUT2D eigenvalue weighted by molar-refractivity contribution is 0.200. The molecule has 0 unspecified atom stereocenters. The molecule has 2 amide bonds. The first-order chi connectivity index (χ1) is 11.1. The molecule has 0 saturated carbocycles. The van der Waals surface area contributed by atoms with Crippen molar-refractivity contribution in [2.24, 2.45) is 0 Å². The molecule has 0 spiro atoms. The molecule has 5 nitrogen and oxygen atoms in total. The van der Waals surface area contributed by atoms with Gasteiger partial charge in [0.2, 0.25) is 0 Å². The summed E-state index contributed by atoms with van der Waals surface area (Å²) in [6.45, 7) is 4.56. The van der Waals surface area contributed by atoms with Crippen molar-refractivity contribution in [2.75, 3.05) is 18.5 Å². The molecule has 122 valence electrons. The highest BCUT2D eigenvalue weighted by Gasteiger charge is 2.06. The molecule has 23 heavy (non-hydrogen) atoms. The standard InChI is InChI=1S/C18H22N2O3/c1-13-7-8-16(11-14(13)2)20-18(22)19-12-15-5-3-4-6-17(15)23-10-9-21/h3-8,11,21H,9-10,12H2,1-2H3,(H2,19,20,22). The number of hydrogen-bond acceptors (Lipinski definition) is 3. The quantitative estimate of drug-likeness (QED) is 0.767. The number of hydrogen-bond donors (Lipinski definition) is 3. The third kappa shape index (κ3) is 5.00. The summed E-state index contributed by atoms with van der Waals surface area (Å²) < 4.78 is 5.44. The van der Waals surface area contributed by atoms with E-state index in [1.807, 2.05) is 56.3 Å². The van der Waals surface area contributed by atoms with Crippen LogP contribution in [0.5, 0.6) is 5.75 Å². The number of aryl methyl sites for hydroxylation is 2. The van der Waals surface area contributed by atoms with Crippen LogP contribution < -0.4 is 15.4 Å². The number of carbonyl (C=O) groups is 1. The van der Waals surface area contributed by atoms with Gasteiger partial charge in [0.05, 0.1) is 6.61 Å². The highest BCUT2D eigenvalue weighted by molar-refractivity contribution is 5.89. The number of aliphatic hydroxyl groups is 1. The maximum absolute atomic E-state index is 12.0. The molecule has 0 aliphatic heterocycles. The van der Waals surface area contributed by atoms with Crippen LogP contribution in [0.25, 0.3) is 0 Å². The van der Waals surface area contributed by atoms with Crippen LogP contribution in [-0.4, -0.2) is 24.4 Å². The number of rotatable bonds is 6. The zero-order chi connectivity index (χ0) is 16.7. The van der Waals surface area contributed by atoms with Gasteiger partial charge in [-0.25, -0.2) is 4.79 Å². The minimum atomic E-state index is -0.273. The second-order valence-electron chi connectivity index (χ2n) is 5.29. The molecule has 0 aliphatic carbocycles. The van der Waals surface area contributed by atoms with Gasteiger partial charge in [0.1, 0.15) is 12.4 Å². The van der Waals surface area contributed by atoms with E-state index < -0.39 is 0 Å². The van der Waals surface area contributed by atoms with E-state index in [0.717, 1.165) is 16.8 Å². The summed E-state index contributed by atoms with van der Waals surface area (Å²) in [6.07, 6.45) is 0. The molecular formula is C18H22N2O3. The molecule has 0 saturated heterocycles. The van der Waals surface area contributed by atoms with Gasteiger partial charge in [0, 0.05) is 17.8 Å². The summed E-state index contributed by atoms with van der Waals surface area (Å²) in [5.41, 5.74) is 3.93. The van der Waals surface area contributed by atoms with Crippen LogP contribution in [0.2, 0.25) is 0 Å². The van der Waals surface area contributed by atoms with Crippen LogP contribution in [0.4, 0.5) is 10.5 Å². The average molecular weight is 314 g/mol. The summed E-state index contributed by atoms with van der Waals surface area (Å²) in [5, 5.41) is 14.5. The van der Waals surface area contributed by atoms with Crippen molar-refractivity contribution < 1.29 is 14.6 Å². The second kappa shape index (κ2) is 8.19. The molecule has 0 aromatic heterocycles. The van der Waals surface area contributed by atoms with Gasteiger partial charge in [-0.05, 0) is 43.2 Å². The lowest BCUT2D eigenvalue weighted by Gasteiger charge is -2.12. The summed E-state index contributed by atoms with van der Waals surface area (Å²) in [4.78, 5) is 12.0. The van der Waals surface area contributed by atoms with Gasteiger partial charge in [0.25, 0.3) is 0 Å². The Hall–Kier alpha value is -2.53. The Balaban J connectivity index is 1.92. The smallest absolute Gasteiger partial charge is 0.319 e. The zero-order valence-corrected chi connectivity index (χ0v) is 13.4. The topological polar surface area (TPSA) is 70.6 Å². The Morgan fingerprint density at radius 2 is 1.91 bits per heavy atom. The first-order valence-corrected chi connectivity index (χ1v) is 7.54. The minimum absolute atomic E-state index is 0.0466. The Kier molecular flexibility index (Phi) is 6.00. The van der Waals surface area contributed by atoms with Crippen molar-refractivity contribution in [3.05, 3.63) is 59.2 Å². The Bertz CT molecular complexity index is 671. The molecule has 0 aliphatic rings. The fourth-order valence-electron chi connectivity index (χ4n) is 2.12. The Morgan fingerprint density at radius 3 is 2.65 bits per heavy atom. The van der Waals surface area contributed by atoms with Crippen LogP contribution in [0.15, 0.2) is 42.5 Å². The number of urea groups is 1. The number of para-hydroxylation sites is 1. The van der Waals surface area contributed by atoms with E-state index >= 15 is 0 Å². The predicted octanol–water partition coefficient (Wildman–Crippen LogP) is 3.00. The monoisotopic (exact) mass is 314 g/mol. The largest absolute Gasteiger partial charge is 0.491 e. The molecule has 0 atom stereocenters. The van der Waals surface area contributed by atoms with E-state index in [4.69, 9.17) is 9.84 Å². The molecule has 0 heterocycles.